The van der Waals surface area contributed by atoms with E-state index in [-0.39, 0.29) is 0 Å². The molecule has 0 amide bonds. The van der Waals surface area contributed by atoms with Crippen LogP contribution in [0.2, 0.25) is 0 Å². The normalized spacial score (nSPS) is 15.9. The van der Waals surface area contributed by atoms with Crippen LogP contribution >= 0.6 is 0 Å². The minimum Gasteiger partial charge on any atom is -0.367 e. The van der Waals surface area contributed by atoms with E-state index in [0.717, 1.165) is 17.9 Å². The first kappa shape index (κ1) is 10.2. The molecule has 0 aliphatic heterocycles. The fourth-order valence-electron chi connectivity index (χ4n) is 1.58. The summed E-state index contributed by atoms with van der Waals surface area (Å²) in [7, 11) is 0. The van der Waals surface area contributed by atoms with Gasteiger partial charge in [-0.25, -0.2) is 4.98 Å². The Morgan fingerprint density at radius 1 is 1.47 bits per heavy atom. The van der Waals surface area contributed by atoms with Crippen molar-refractivity contribution in [2.45, 2.75) is 39.2 Å². The van der Waals surface area contributed by atoms with Crippen LogP contribution in [0.1, 0.15) is 31.7 Å². The van der Waals surface area contributed by atoms with Crippen molar-refractivity contribution in [1.82, 2.24) is 9.97 Å². The highest BCUT2D eigenvalue weighted by atomic mass is 15.1. The quantitative estimate of drug-likeness (QED) is 0.792. The van der Waals surface area contributed by atoms with Crippen molar-refractivity contribution >= 4 is 11.8 Å². The van der Waals surface area contributed by atoms with E-state index in [1.165, 1.54) is 19.3 Å². The molecule has 0 radical (unpaired) electrons. The van der Waals surface area contributed by atoms with Crippen LogP contribution in [0.25, 0.3) is 0 Å². The van der Waals surface area contributed by atoms with Crippen LogP contribution in [0.15, 0.2) is 6.20 Å². The van der Waals surface area contributed by atoms with Gasteiger partial charge >= 0.3 is 0 Å². The highest BCUT2D eigenvalue weighted by Crippen LogP contribution is 2.24. The number of aryl methyl sites for hydroxylation is 1. The van der Waals surface area contributed by atoms with Gasteiger partial charge in [-0.05, 0) is 33.1 Å². The molecular formula is C11H18N4. The number of anilines is 2. The summed E-state index contributed by atoms with van der Waals surface area (Å²) in [4.78, 5) is 8.67. The van der Waals surface area contributed by atoms with E-state index < -0.39 is 0 Å². The van der Waals surface area contributed by atoms with Crippen LogP contribution in [0.3, 0.4) is 0 Å². The third-order valence-corrected chi connectivity index (χ3v) is 2.75. The van der Waals surface area contributed by atoms with Gasteiger partial charge in [0.2, 0.25) is 5.95 Å². The Bertz CT molecular complexity index is 333. The molecule has 0 unspecified atom stereocenters. The third-order valence-electron chi connectivity index (χ3n) is 2.75. The number of aromatic nitrogens is 2. The summed E-state index contributed by atoms with van der Waals surface area (Å²) in [6.45, 7) is 4.94. The molecule has 1 aromatic rings. The maximum absolute atomic E-state index is 4.45. The highest BCUT2D eigenvalue weighted by molar-refractivity contribution is 5.47. The number of hydrogen-bond donors (Lipinski definition) is 2. The second-order valence-corrected chi connectivity index (χ2v) is 4.03. The third kappa shape index (κ3) is 2.37. The van der Waals surface area contributed by atoms with Gasteiger partial charge in [0.25, 0.3) is 0 Å². The van der Waals surface area contributed by atoms with Crippen molar-refractivity contribution in [2.75, 3.05) is 17.2 Å². The van der Waals surface area contributed by atoms with Crippen LogP contribution in [0.5, 0.6) is 0 Å². The smallest absolute Gasteiger partial charge is 0.224 e. The second kappa shape index (κ2) is 4.47. The molecule has 1 fully saturated rings. The Labute approximate surface area is 90.5 Å². The molecule has 0 spiro atoms. The second-order valence-electron chi connectivity index (χ2n) is 4.03. The van der Waals surface area contributed by atoms with Gasteiger partial charge < -0.3 is 10.6 Å². The van der Waals surface area contributed by atoms with Crippen LogP contribution in [-0.4, -0.2) is 22.6 Å². The van der Waals surface area contributed by atoms with Crippen LogP contribution < -0.4 is 10.6 Å². The Morgan fingerprint density at radius 3 is 2.87 bits per heavy atom. The van der Waals surface area contributed by atoms with Crippen molar-refractivity contribution in [3.63, 3.8) is 0 Å². The number of nitrogens with zero attached hydrogens (tertiary/aromatic N) is 2. The molecule has 0 saturated heterocycles. The minimum atomic E-state index is 0.619. The van der Waals surface area contributed by atoms with Crippen molar-refractivity contribution in [1.29, 1.82) is 0 Å². The Morgan fingerprint density at radius 2 is 2.27 bits per heavy atom. The van der Waals surface area contributed by atoms with E-state index >= 15 is 0 Å². The molecule has 1 aliphatic carbocycles. The first-order chi connectivity index (χ1) is 7.29. The van der Waals surface area contributed by atoms with E-state index in [2.05, 4.69) is 20.6 Å². The minimum absolute atomic E-state index is 0.619. The molecule has 1 heterocycles. The van der Waals surface area contributed by atoms with Crippen molar-refractivity contribution in [3.05, 3.63) is 11.8 Å². The van der Waals surface area contributed by atoms with E-state index in [1.807, 2.05) is 20.0 Å². The molecule has 1 saturated carbocycles. The van der Waals surface area contributed by atoms with Crippen molar-refractivity contribution in [3.8, 4) is 0 Å². The molecular weight excluding hydrogens is 188 g/mol. The van der Waals surface area contributed by atoms with Gasteiger partial charge in [-0.15, -0.1) is 0 Å². The van der Waals surface area contributed by atoms with Crippen LogP contribution in [0.4, 0.5) is 11.8 Å². The van der Waals surface area contributed by atoms with Crippen LogP contribution in [0, 0.1) is 6.92 Å². The lowest BCUT2D eigenvalue weighted by Gasteiger charge is -2.27. The van der Waals surface area contributed by atoms with Gasteiger partial charge in [0.15, 0.2) is 0 Å². The monoisotopic (exact) mass is 206 g/mol. The zero-order valence-corrected chi connectivity index (χ0v) is 9.38. The predicted octanol–water partition coefficient (Wildman–Crippen LogP) is 2.18. The van der Waals surface area contributed by atoms with E-state index in [0.29, 0.717) is 12.0 Å². The zero-order valence-electron chi connectivity index (χ0n) is 9.38. The summed E-state index contributed by atoms with van der Waals surface area (Å²) in [5.74, 6) is 1.69. The largest absolute Gasteiger partial charge is 0.367 e. The zero-order chi connectivity index (χ0) is 10.7. The summed E-state index contributed by atoms with van der Waals surface area (Å²) < 4.78 is 0. The molecule has 15 heavy (non-hydrogen) atoms. The van der Waals surface area contributed by atoms with Gasteiger partial charge in [-0.1, -0.05) is 0 Å². The van der Waals surface area contributed by atoms with E-state index in [4.69, 9.17) is 0 Å². The summed E-state index contributed by atoms with van der Waals surface area (Å²) in [6.07, 6.45) is 5.73. The summed E-state index contributed by atoms with van der Waals surface area (Å²) in [5, 5.41) is 6.58. The maximum atomic E-state index is 4.45. The number of hydrogen-bond acceptors (Lipinski definition) is 4. The molecule has 2 rings (SSSR count). The number of nitrogens with one attached hydrogen (secondary N) is 2. The maximum Gasteiger partial charge on any atom is 0.224 e. The van der Waals surface area contributed by atoms with Gasteiger partial charge in [0.1, 0.15) is 5.82 Å². The average Bonchev–Trinajstić information content (AvgIpc) is 2.16. The molecule has 1 aliphatic rings. The molecule has 1 aromatic heterocycles. The summed E-state index contributed by atoms with van der Waals surface area (Å²) in [5.41, 5.74) is 1.11. The standard InChI is InChI=1S/C11H18N4/c1-3-12-11-13-7-8(2)10(15-11)14-9-5-4-6-9/h7,9H,3-6H2,1-2H3,(H2,12,13,14,15). The first-order valence-electron chi connectivity index (χ1n) is 5.63. The fraction of sp³-hybridized carbons (Fsp3) is 0.636. The SMILES string of the molecule is CCNc1ncc(C)c(NC2CCC2)n1. The molecule has 0 aromatic carbocycles. The molecule has 0 atom stereocenters. The Kier molecular flexibility index (Phi) is 3.04. The van der Waals surface area contributed by atoms with Gasteiger partial charge in [0.05, 0.1) is 0 Å². The van der Waals surface area contributed by atoms with Gasteiger partial charge in [0, 0.05) is 24.3 Å². The highest BCUT2D eigenvalue weighted by Gasteiger charge is 2.18. The molecule has 4 heteroatoms. The van der Waals surface area contributed by atoms with Gasteiger partial charge in [-0.3, -0.25) is 0 Å². The van der Waals surface area contributed by atoms with Crippen molar-refractivity contribution < 1.29 is 0 Å². The topological polar surface area (TPSA) is 49.8 Å². The summed E-state index contributed by atoms with van der Waals surface area (Å²) in [6, 6.07) is 0.619. The molecule has 2 N–H and O–H groups in total. The lowest BCUT2D eigenvalue weighted by atomic mass is 9.93. The van der Waals surface area contributed by atoms with Crippen LogP contribution in [-0.2, 0) is 0 Å². The Balaban J connectivity index is 2.08. The van der Waals surface area contributed by atoms with Crippen molar-refractivity contribution in [2.24, 2.45) is 0 Å². The predicted molar refractivity (Wildman–Crippen MR) is 62.2 cm³/mol. The van der Waals surface area contributed by atoms with E-state index in [1.54, 1.807) is 0 Å². The first-order valence-corrected chi connectivity index (χ1v) is 5.63. The van der Waals surface area contributed by atoms with Gasteiger partial charge in [-0.2, -0.15) is 4.98 Å². The average molecular weight is 206 g/mol. The molecule has 4 nitrogen and oxygen atoms in total. The summed E-state index contributed by atoms with van der Waals surface area (Å²) >= 11 is 0. The molecule has 82 valence electrons. The molecule has 0 bridgehead atoms. The fourth-order valence-corrected chi connectivity index (χ4v) is 1.58. The van der Waals surface area contributed by atoms with E-state index in [9.17, 15) is 0 Å². The Hall–Kier alpha value is -1.32. The number of rotatable bonds is 4. The lowest BCUT2D eigenvalue weighted by Crippen LogP contribution is -2.28. The lowest BCUT2D eigenvalue weighted by molar-refractivity contribution is 0.444.